The zero-order valence-corrected chi connectivity index (χ0v) is 13.2. The lowest BCUT2D eigenvalue weighted by Gasteiger charge is -2.28. The number of carbonyl (C=O) groups excluding carboxylic acids is 1. The van der Waals surface area contributed by atoms with E-state index >= 15 is 0 Å². The number of carbonyl (C=O) groups is 2. The maximum Gasteiger partial charge on any atom is 0.338 e. The summed E-state index contributed by atoms with van der Waals surface area (Å²) in [4.78, 5) is 23.4. The van der Waals surface area contributed by atoms with Crippen molar-refractivity contribution in [2.24, 2.45) is 5.73 Å². The maximum atomic E-state index is 12.1. The van der Waals surface area contributed by atoms with Crippen LogP contribution in [0.5, 0.6) is 0 Å². The van der Waals surface area contributed by atoms with E-state index in [4.69, 9.17) is 10.5 Å². The van der Waals surface area contributed by atoms with Gasteiger partial charge in [0, 0.05) is 10.9 Å². The molecule has 0 bridgehead atoms. The van der Waals surface area contributed by atoms with E-state index in [0.717, 1.165) is 4.47 Å². The molecule has 0 unspecified atom stereocenters. The number of rotatable bonds is 4. The van der Waals surface area contributed by atoms with Gasteiger partial charge in [0.2, 0.25) is 5.54 Å². The SMILES string of the molecule is CC(C)(C)OC(=O)[C@@](N)(Cc1ccc(Br)cc1)C(=O)O. The van der Waals surface area contributed by atoms with E-state index in [2.05, 4.69) is 15.9 Å². The summed E-state index contributed by atoms with van der Waals surface area (Å²) in [6.45, 7) is 4.98. The fourth-order valence-corrected chi connectivity index (χ4v) is 1.79. The zero-order valence-electron chi connectivity index (χ0n) is 11.6. The van der Waals surface area contributed by atoms with Gasteiger partial charge in [-0.1, -0.05) is 28.1 Å². The Morgan fingerprint density at radius 1 is 1.25 bits per heavy atom. The second-order valence-corrected chi connectivity index (χ2v) is 6.50. The van der Waals surface area contributed by atoms with Crippen molar-refractivity contribution in [1.29, 1.82) is 0 Å². The average molecular weight is 344 g/mol. The van der Waals surface area contributed by atoms with Crippen molar-refractivity contribution in [3.63, 3.8) is 0 Å². The van der Waals surface area contributed by atoms with Gasteiger partial charge in [-0.2, -0.15) is 0 Å². The van der Waals surface area contributed by atoms with Crippen LogP contribution in [-0.2, 0) is 20.7 Å². The predicted molar refractivity (Wildman–Crippen MR) is 78.2 cm³/mol. The number of ether oxygens (including phenoxy) is 1. The number of carboxylic acids is 1. The van der Waals surface area contributed by atoms with E-state index in [1.165, 1.54) is 0 Å². The minimum atomic E-state index is -2.10. The standard InChI is InChI=1S/C14H18BrNO4/c1-13(2,3)20-12(19)14(16,11(17)18)8-9-4-6-10(15)7-5-9/h4-7H,8,16H2,1-3H3,(H,17,18)/t14-/m1/s1. The molecule has 1 aromatic carbocycles. The van der Waals surface area contributed by atoms with Gasteiger partial charge in [0.25, 0.3) is 0 Å². The molecule has 0 amide bonds. The molecule has 0 fully saturated rings. The molecule has 0 aromatic heterocycles. The number of carboxylic acid groups (broad SMARTS) is 1. The van der Waals surface area contributed by atoms with Gasteiger partial charge in [-0.15, -0.1) is 0 Å². The van der Waals surface area contributed by atoms with Crippen molar-refractivity contribution in [2.75, 3.05) is 0 Å². The van der Waals surface area contributed by atoms with Crippen LogP contribution in [0.1, 0.15) is 26.3 Å². The fraction of sp³-hybridized carbons (Fsp3) is 0.429. The molecule has 6 heteroatoms. The molecule has 0 aliphatic rings. The van der Waals surface area contributed by atoms with Gasteiger partial charge >= 0.3 is 11.9 Å². The van der Waals surface area contributed by atoms with Crippen LogP contribution in [-0.4, -0.2) is 28.2 Å². The number of hydrogen-bond donors (Lipinski definition) is 2. The second-order valence-electron chi connectivity index (χ2n) is 5.58. The van der Waals surface area contributed by atoms with E-state index in [1.54, 1.807) is 45.0 Å². The van der Waals surface area contributed by atoms with Crippen molar-refractivity contribution in [3.8, 4) is 0 Å². The number of halogens is 1. The lowest BCUT2D eigenvalue weighted by molar-refractivity contribution is -0.169. The largest absolute Gasteiger partial charge is 0.479 e. The van der Waals surface area contributed by atoms with Crippen LogP contribution in [0.3, 0.4) is 0 Å². The molecule has 1 atom stereocenters. The first-order chi connectivity index (χ1) is 9.04. The summed E-state index contributed by atoms with van der Waals surface area (Å²) in [5.74, 6) is -2.35. The minimum Gasteiger partial charge on any atom is -0.479 e. The smallest absolute Gasteiger partial charge is 0.338 e. The zero-order chi connectivity index (χ0) is 15.6. The van der Waals surface area contributed by atoms with Crippen molar-refractivity contribution < 1.29 is 19.4 Å². The van der Waals surface area contributed by atoms with Crippen LogP contribution in [0.25, 0.3) is 0 Å². The fourth-order valence-electron chi connectivity index (χ4n) is 1.53. The molecule has 5 nitrogen and oxygen atoms in total. The van der Waals surface area contributed by atoms with Crippen LogP contribution in [0.4, 0.5) is 0 Å². The molecule has 1 rings (SSSR count). The van der Waals surface area contributed by atoms with Crippen molar-refractivity contribution in [3.05, 3.63) is 34.3 Å². The molecule has 0 saturated heterocycles. The van der Waals surface area contributed by atoms with Crippen LogP contribution < -0.4 is 5.73 Å². The topological polar surface area (TPSA) is 89.6 Å². The van der Waals surface area contributed by atoms with E-state index < -0.39 is 23.1 Å². The van der Waals surface area contributed by atoms with Crippen LogP contribution in [0, 0.1) is 0 Å². The van der Waals surface area contributed by atoms with Crippen molar-refractivity contribution in [2.45, 2.75) is 38.3 Å². The Kier molecular flexibility index (Phi) is 4.94. The molecule has 110 valence electrons. The van der Waals surface area contributed by atoms with Gasteiger partial charge in [0.15, 0.2) is 0 Å². The molecule has 0 radical (unpaired) electrons. The summed E-state index contributed by atoms with van der Waals surface area (Å²) < 4.78 is 5.96. The second kappa shape index (κ2) is 5.93. The van der Waals surface area contributed by atoms with E-state index in [-0.39, 0.29) is 6.42 Å². The van der Waals surface area contributed by atoms with Crippen LogP contribution >= 0.6 is 15.9 Å². The van der Waals surface area contributed by atoms with Gasteiger partial charge in [0.05, 0.1) is 0 Å². The monoisotopic (exact) mass is 343 g/mol. The summed E-state index contributed by atoms with van der Waals surface area (Å²) >= 11 is 3.28. The molecule has 0 spiro atoms. The van der Waals surface area contributed by atoms with Gasteiger partial charge < -0.3 is 15.6 Å². The first-order valence-electron chi connectivity index (χ1n) is 6.05. The van der Waals surface area contributed by atoms with Gasteiger partial charge in [0.1, 0.15) is 5.60 Å². The van der Waals surface area contributed by atoms with Gasteiger partial charge in [-0.25, -0.2) is 9.59 Å². The third-order valence-corrected chi connectivity index (χ3v) is 3.07. The average Bonchev–Trinajstić information content (AvgIpc) is 2.29. The van der Waals surface area contributed by atoms with E-state index in [1.807, 2.05) is 0 Å². The number of nitrogens with two attached hydrogens (primary N) is 1. The molecule has 3 N–H and O–H groups in total. The third kappa shape index (κ3) is 4.31. The molecule has 0 aliphatic heterocycles. The summed E-state index contributed by atoms with van der Waals surface area (Å²) in [6, 6.07) is 6.93. The highest BCUT2D eigenvalue weighted by Gasteiger charge is 2.45. The van der Waals surface area contributed by atoms with Crippen molar-refractivity contribution in [1.82, 2.24) is 0 Å². The summed E-state index contributed by atoms with van der Waals surface area (Å²) in [5, 5.41) is 9.28. The summed E-state index contributed by atoms with van der Waals surface area (Å²) in [6.07, 6.45) is -0.134. The Labute approximate surface area is 126 Å². The third-order valence-electron chi connectivity index (χ3n) is 2.54. The highest BCUT2D eigenvalue weighted by atomic mass is 79.9. The summed E-state index contributed by atoms with van der Waals surface area (Å²) in [5.41, 5.74) is 3.53. The maximum absolute atomic E-state index is 12.1. The molecule has 1 aromatic rings. The Morgan fingerprint density at radius 2 is 1.75 bits per heavy atom. The normalized spacial score (nSPS) is 14.4. The molecule has 20 heavy (non-hydrogen) atoms. The van der Waals surface area contributed by atoms with Crippen LogP contribution in [0.15, 0.2) is 28.7 Å². The van der Waals surface area contributed by atoms with E-state index in [9.17, 15) is 14.7 Å². The van der Waals surface area contributed by atoms with E-state index in [0.29, 0.717) is 5.56 Å². The summed E-state index contributed by atoms with van der Waals surface area (Å²) in [7, 11) is 0. The minimum absolute atomic E-state index is 0.134. The van der Waals surface area contributed by atoms with Gasteiger partial charge in [-0.3, -0.25) is 0 Å². The number of esters is 1. The first kappa shape index (κ1) is 16.7. The van der Waals surface area contributed by atoms with Crippen molar-refractivity contribution >= 4 is 27.9 Å². The quantitative estimate of drug-likeness (QED) is 0.645. The number of hydrogen-bond acceptors (Lipinski definition) is 4. The Hall–Kier alpha value is -1.40. The lowest BCUT2D eigenvalue weighted by atomic mass is 9.91. The molecular formula is C14H18BrNO4. The highest BCUT2D eigenvalue weighted by Crippen LogP contribution is 2.19. The predicted octanol–water partition coefficient (Wildman–Crippen LogP) is 2.12. The lowest BCUT2D eigenvalue weighted by Crippen LogP contribution is -2.58. The molecule has 0 aliphatic carbocycles. The Bertz CT molecular complexity index is 507. The first-order valence-corrected chi connectivity index (χ1v) is 6.84. The number of benzene rings is 1. The number of aliphatic carboxylic acids is 1. The highest BCUT2D eigenvalue weighted by molar-refractivity contribution is 9.10. The molecule has 0 heterocycles. The van der Waals surface area contributed by atoms with Gasteiger partial charge in [-0.05, 0) is 38.5 Å². The Morgan fingerprint density at radius 3 is 2.15 bits per heavy atom. The molecular weight excluding hydrogens is 326 g/mol. The molecule has 0 saturated carbocycles. The Balaban J connectivity index is 3.00. The van der Waals surface area contributed by atoms with Crippen LogP contribution in [0.2, 0.25) is 0 Å².